The van der Waals surface area contributed by atoms with E-state index in [1.54, 1.807) is 0 Å². The highest BCUT2D eigenvalue weighted by atomic mass is 16.2. The number of rotatable bonds is 6. The fraction of sp³-hybridized carbons (Fsp3) is 0.647. The molecule has 9 heteroatoms. The lowest BCUT2D eigenvalue weighted by Gasteiger charge is -2.31. The average Bonchev–Trinajstić information content (AvgIpc) is 3.14. The number of amides is 1. The molecule has 2 heterocycles. The molecule has 3 rings (SSSR count). The van der Waals surface area contributed by atoms with E-state index in [1.807, 2.05) is 20.0 Å². The first-order valence-corrected chi connectivity index (χ1v) is 9.11. The van der Waals surface area contributed by atoms with E-state index in [2.05, 4.69) is 42.8 Å². The van der Waals surface area contributed by atoms with Crippen LogP contribution < -0.4 is 10.2 Å². The van der Waals surface area contributed by atoms with Crippen LogP contribution in [0.25, 0.3) is 0 Å². The molecule has 0 saturated heterocycles. The number of carbonyl (C=O) groups excluding carboxylic acids is 1. The Morgan fingerprint density at radius 2 is 2.15 bits per heavy atom. The van der Waals surface area contributed by atoms with Gasteiger partial charge in [0.25, 0.3) is 0 Å². The van der Waals surface area contributed by atoms with Gasteiger partial charge in [-0.05, 0) is 37.1 Å². The second-order valence-electron chi connectivity index (χ2n) is 6.91. The van der Waals surface area contributed by atoms with E-state index < -0.39 is 0 Å². The molecule has 1 N–H and O–H groups in total. The Hall–Kier alpha value is -2.58. The zero-order valence-corrected chi connectivity index (χ0v) is 15.6. The standard InChI is InChI=1S/C17H26N8O/c1-12(20-16(26)10-25-11-19-22-23-25)15-9-18-17(21-13(15)2)24(3)14-7-5-4-6-8-14/h9,11-12,14H,4-8,10H2,1-3H3,(H,20,26)/t12-/m0/s1. The quantitative estimate of drug-likeness (QED) is 0.833. The molecule has 0 aliphatic heterocycles. The lowest BCUT2D eigenvalue weighted by Crippen LogP contribution is -2.35. The lowest BCUT2D eigenvalue weighted by atomic mass is 9.95. The van der Waals surface area contributed by atoms with Crippen LogP contribution in [0.15, 0.2) is 12.5 Å². The number of carbonyl (C=O) groups is 1. The maximum absolute atomic E-state index is 12.1. The third-order valence-electron chi connectivity index (χ3n) is 4.98. The normalized spacial score (nSPS) is 16.3. The highest BCUT2D eigenvalue weighted by Crippen LogP contribution is 2.25. The first-order valence-electron chi connectivity index (χ1n) is 9.11. The third-order valence-corrected chi connectivity index (χ3v) is 4.98. The topological polar surface area (TPSA) is 102 Å². The minimum absolute atomic E-state index is 0.0831. The molecule has 0 spiro atoms. The van der Waals surface area contributed by atoms with E-state index in [4.69, 9.17) is 0 Å². The van der Waals surface area contributed by atoms with Gasteiger partial charge in [-0.2, -0.15) is 0 Å². The molecule has 1 fully saturated rings. The lowest BCUT2D eigenvalue weighted by molar-refractivity contribution is -0.122. The number of nitrogens with zero attached hydrogens (tertiary/aromatic N) is 7. The van der Waals surface area contributed by atoms with Gasteiger partial charge >= 0.3 is 0 Å². The molecule has 0 aromatic carbocycles. The van der Waals surface area contributed by atoms with Crippen LogP contribution in [0, 0.1) is 6.92 Å². The van der Waals surface area contributed by atoms with Crippen molar-refractivity contribution in [2.75, 3.05) is 11.9 Å². The van der Waals surface area contributed by atoms with Gasteiger partial charge in [-0.3, -0.25) is 4.79 Å². The van der Waals surface area contributed by atoms with E-state index in [9.17, 15) is 4.79 Å². The second kappa shape index (κ2) is 8.20. The minimum atomic E-state index is -0.187. The number of nitrogens with one attached hydrogen (secondary N) is 1. The number of hydrogen-bond donors (Lipinski definition) is 1. The summed E-state index contributed by atoms with van der Waals surface area (Å²) in [6.45, 7) is 3.96. The summed E-state index contributed by atoms with van der Waals surface area (Å²) in [6.07, 6.45) is 9.50. The van der Waals surface area contributed by atoms with Gasteiger partial charge < -0.3 is 10.2 Å². The van der Waals surface area contributed by atoms with Gasteiger partial charge in [0.2, 0.25) is 11.9 Å². The average molecular weight is 358 g/mol. The summed E-state index contributed by atoms with van der Waals surface area (Å²) < 4.78 is 1.38. The minimum Gasteiger partial charge on any atom is -0.348 e. The Morgan fingerprint density at radius 1 is 1.38 bits per heavy atom. The van der Waals surface area contributed by atoms with Gasteiger partial charge in [0, 0.05) is 30.5 Å². The zero-order chi connectivity index (χ0) is 18.5. The Labute approximate surface area is 153 Å². The van der Waals surface area contributed by atoms with E-state index in [-0.39, 0.29) is 18.5 Å². The van der Waals surface area contributed by atoms with Crippen molar-refractivity contribution < 1.29 is 4.79 Å². The number of aromatic nitrogens is 6. The summed E-state index contributed by atoms with van der Waals surface area (Å²) in [7, 11) is 2.07. The summed E-state index contributed by atoms with van der Waals surface area (Å²) in [5.41, 5.74) is 1.80. The van der Waals surface area contributed by atoms with Crippen molar-refractivity contribution in [3.05, 3.63) is 23.8 Å². The van der Waals surface area contributed by atoms with Gasteiger partial charge in [0.1, 0.15) is 12.9 Å². The summed E-state index contributed by atoms with van der Waals surface area (Å²) in [4.78, 5) is 23.5. The van der Waals surface area contributed by atoms with Crippen molar-refractivity contribution in [3.8, 4) is 0 Å². The summed E-state index contributed by atoms with van der Waals surface area (Å²) in [5.74, 6) is 0.595. The van der Waals surface area contributed by atoms with Crippen molar-refractivity contribution in [3.63, 3.8) is 0 Å². The highest BCUT2D eigenvalue weighted by Gasteiger charge is 2.21. The molecule has 1 amide bonds. The Morgan fingerprint density at radius 3 is 2.81 bits per heavy atom. The van der Waals surface area contributed by atoms with Crippen LogP contribution in [0.3, 0.4) is 0 Å². The zero-order valence-electron chi connectivity index (χ0n) is 15.6. The van der Waals surface area contributed by atoms with E-state index in [1.165, 1.54) is 43.1 Å². The van der Waals surface area contributed by atoms with Gasteiger partial charge in [0.05, 0.1) is 6.04 Å². The smallest absolute Gasteiger partial charge is 0.242 e. The molecule has 0 unspecified atom stereocenters. The van der Waals surface area contributed by atoms with Crippen LogP contribution in [0.4, 0.5) is 5.95 Å². The highest BCUT2D eigenvalue weighted by molar-refractivity contribution is 5.76. The Bertz CT molecular complexity index is 726. The number of anilines is 1. The Kier molecular flexibility index (Phi) is 5.75. The maximum atomic E-state index is 12.1. The molecule has 1 atom stereocenters. The van der Waals surface area contributed by atoms with Gasteiger partial charge in [0.15, 0.2) is 0 Å². The molecule has 0 radical (unpaired) electrons. The second-order valence-corrected chi connectivity index (χ2v) is 6.91. The monoisotopic (exact) mass is 358 g/mol. The molecule has 2 aromatic rings. The van der Waals surface area contributed by atoms with Crippen LogP contribution in [0.2, 0.25) is 0 Å². The number of hydrogen-bond acceptors (Lipinski definition) is 7. The maximum Gasteiger partial charge on any atom is 0.242 e. The fourth-order valence-electron chi connectivity index (χ4n) is 3.46. The molecule has 26 heavy (non-hydrogen) atoms. The molecule has 0 bridgehead atoms. The van der Waals surface area contributed by atoms with Crippen LogP contribution in [0.1, 0.15) is 56.3 Å². The summed E-state index contributed by atoms with van der Waals surface area (Å²) in [6, 6.07) is 0.329. The summed E-state index contributed by atoms with van der Waals surface area (Å²) in [5, 5.41) is 13.7. The van der Waals surface area contributed by atoms with Gasteiger partial charge in [-0.1, -0.05) is 19.3 Å². The fourth-order valence-corrected chi connectivity index (χ4v) is 3.46. The van der Waals surface area contributed by atoms with Gasteiger partial charge in [-0.15, -0.1) is 5.10 Å². The number of aryl methyl sites for hydroxylation is 1. The molecular formula is C17H26N8O. The van der Waals surface area contributed by atoms with Crippen molar-refractivity contribution in [1.29, 1.82) is 0 Å². The first-order chi connectivity index (χ1) is 12.5. The third kappa shape index (κ3) is 4.33. The molecule has 1 aliphatic rings. The Balaban J connectivity index is 1.63. The molecular weight excluding hydrogens is 332 g/mol. The predicted octanol–water partition coefficient (Wildman–Crippen LogP) is 1.42. The molecule has 9 nitrogen and oxygen atoms in total. The van der Waals surface area contributed by atoms with Crippen molar-refractivity contribution in [2.45, 2.75) is 64.6 Å². The van der Waals surface area contributed by atoms with E-state index >= 15 is 0 Å². The van der Waals surface area contributed by atoms with Crippen molar-refractivity contribution in [1.82, 2.24) is 35.5 Å². The molecule has 1 aliphatic carbocycles. The van der Waals surface area contributed by atoms with Crippen LogP contribution in [0.5, 0.6) is 0 Å². The van der Waals surface area contributed by atoms with Crippen molar-refractivity contribution >= 4 is 11.9 Å². The van der Waals surface area contributed by atoms with Gasteiger partial charge in [-0.25, -0.2) is 14.6 Å². The predicted molar refractivity (Wildman–Crippen MR) is 96.4 cm³/mol. The molecule has 140 valence electrons. The van der Waals surface area contributed by atoms with E-state index in [0.717, 1.165) is 17.2 Å². The van der Waals surface area contributed by atoms with E-state index in [0.29, 0.717) is 6.04 Å². The molecule has 2 aromatic heterocycles. The molecule has 1 saturated carbocycles. The van der Waals surface area contributed by atoms with Crippen LogP contribution >= 0.6 is 0 Å². The van der Waals surface area contributed by atoms with Crippen molar-refractivity contribution in [2.24, 2.45) is 0 Å². The van der Waals surface area contributed by atoms with Crippen LogP contribution in [-0.2, 0) is 11.3 Å². The largest absolute Gasteiger partial charge is 0.348 e. The number of tetrazole rings is 1. The SMILES string of the molecule is Cc1nc(N(C)C2CCCCC2)ncc1[C@H](C)NC(=O)Cn1cnnn1. The first kappa shape index (κ1) is 18.2. The summed E-state index contributed by atoms with van der Waals surface area (Å²) >= 11 is 0. The van der Waals surface area contributed by atoms with Crippen LogP contribution in [-0.4, -0.2) is 49.2 Å².